The molecule has 1 aliphatic rings. The summed E-state index contributed by atoms with van der Waals surface area (Å²) in [6.45, 7) is 5.46. The summed E-state index contributed by atoms with van der Waals surface area (Å²) < 4.78 is 34.4. The van der Waals surface area contributed by atoms with Gasteiger partial charge in [-0.25, -0.2) is 8.42 Å². The van der Waals surface area contributed by atoms with Crippen LogP contribution in [0.1, 0.15) is 40.1 Å². The molecule has 212 valence electrons. The molecule has 2 heterocycles. The lowest BCUT2D eigenvalue weighted by atomic mass is 9.99. The highest BCUT2D eigenvalue weighted by Gasteiger charge is 2.36. The van der Waals surface area contributed by atoms with Crippen molar-refractivity contribution in [1.29, 1.82) is 0 Å². The van der Waals surface area contributed by atoms with E-state index in [0.717, 1.165) is 5.56 Å². The quantitative estimate of drug-likeness (QED) is 0.428. The molecule has 0 saturated carbocycles. The van der Waals surface area contributed by atoms with Gasteiger partial charge in [0.2, 0.25) is 10.0 Å². The molecule has 10 nitrogen and oxygen atoms in total. The lowest BCUT2D eigenvalue weighted by Gasteiger charge is -2.38. The Morgan fingerprint density at radius 2 is 1.85 bits per heavy atom. The highest BCUT2D eigenvalue weighted by Crippen LogP contribution is 2.35. The van der Waals surface area contributed by atoms with Crippen LogP contribution in [0.25, 0.3) is 0 Å². The molecule has 40 heavy (non-hydrogen) atoms. The van der Waals surface area contributed by atoms with Crippen molar-refractivity contribution in [3.8, 4) is 5.75 Å². The first kappa shape index (κ1) is 29.2. The van der Waals surface area contributed by atoms with Crippen molar-refractivity contribution in [2.75, 3.05) is 32.1 Å². The molecule has 0 unspecified atom stereocenters. The standard InChI is InChI=1S/C29H34N4O6S/c1-19-8-10-23(11-9-19)40(37,38)32(4)17-26-20(2)16-33(21(3)18-34)29(36)24-6-5-7-25(27(24)39-26)31-28(35)22-12-14-30-15-13-22/h5-15,20-21,26,34H,16-18H2,1-4H3,(H,31,35)/t20-,21+,26+/m1/s1. The van der Waals surface area contributed by atoms with Crippen LogP contribution in [0, 0.1) is 12.8 Å². The second kappa shape index (κ2) is 12.2. The van der Waals surface area contributed by atoms with Crippen LogP contribution in [0.5, 0.6) is 5.75 Å². The van der Waals surface area contributed by atoms with Gasteiger partial charge in [0.1, 0.15) is 6.10 Å². The monoisotopic (exact) mass is 566 g/mol. The summed E-state index contributed by atoms with van der Waals surface area (Å²) in [4.78, 5) is 32.3. The third kappa shape index (κ3) is 6.16. The predicted molar refractivity (Wildman–Crippen MR) is 151 cm³/mol. The molecule has 0 aliphatic carbocycles. The number of ether oxygens (including phenoxy) is 1. The molecule has 1 aliphatic heterocycles. The first-order valence-electron chi connectivity index (χ1n) is 13.0. The smallest absolute Gasteiger partial charge is 0.258 e. The third-order valence-electron chi connectivity index (χ3n) is 7.05. The Morgan fingerprint density at radius 3 is 2.50 bits per heavy atom. The molecular formula is C29H34N4O6S. The molecule has 0 radical (unpaired) electrons. The van der Waals surface area contributed by atoms with Crippen molar-refractivity contribution >= 4 is 27.5 Å². The van der Waals surface area contributed by atoms with Crippen LogP contribution >= 0.6 is 0 Å². The minimum absolute atomic E-state index is 0.0149. The topological polar surface area (TPSA) is 129 Å². The van der Waals surface area contributed by atoms with Gasteiger partial charge in [-0.15, -0.1) is 0 Å². The van der Waals surface area contributed by atoms with Crippen LogP contribution < -0.4 is 10.1 Å². The zero-order chi connectivity index (χ0) is 29.0. The summed E-state index contributed by atoms with van der Waals surface area (Å²) in [5, 5.41) is 12.7. The molecule has 3 atom stereocenters. The number of para-hydroxylation sites is 1. The minimum Gasteiger partial charge on any atom is -0.486 e. The van der Waals surface area contributed by atoms with Crippen molar-refractivity contribution in [2.45, 2.75) is 37.8 Å². The van der Waals surface area contributed by atoms with E-state index >= 15 is 0 Å². The lowest BCUT2D eigenvalue weighted by Crippen LogP contribution is -2.50. The van der Waals surface area contributed by atoms with Gasteiger partial charge < -0.3 is 20.1 Å². The van der Waals surface area contributed by atoms with Crippen LogP contribution in [0.3, 0.4) is 0 Å². The molecule has 0 spiro atoms. The minimum atomic E-state index is -3.83. The Morgan fingerprint density at radius 1 is 1.18 bits per heavy atom. The van der Waals surface area contributed by atoms with Crippen molar-refractivity contribution in [1.82, 2.24) is 14.2 Å². The molecule has 2 amide bonds. The van der Waals surface area contributed by atoms with E-state index in [2.05, 4.69) is 10.3 Å². The molecule has 11 heteroatoms. The van der Waals surface area contributed by atoms with E-state index in [4.69, 9.17) is 4.74 Å². The van der Waals surface area contributed by atoms with E-state index in [1.54, 1.807) is 66.4 Å². The molecule has 3 aromatic rings. The van der Waals surface area contributed by atoms with Crippen molar-refractivity contribution < 1.29 is 27.9 Å². The number of nitrogens with one attached hydrogen (secondary N) is 1. The van der Waals surface area contributed by atoms with E-state index in [1.165, 1.54) is 23.7 Å². The molecule has 0 bridgehead atoms. The summed E-state index contributed by atoms with van der Waals surface area (Å²) in [7, 11) is -2.34. The molecule has 2 N–H and O–H groups in total. The fourth-order valence-corrected chi connectivity index (χ4v) is 5.68. The van der Waals surface area contributed by atoms with Gasteiger partial charge in [-0.2, -0.15) is 4.31 Å². The van der Waals surface area contributed by atoms with Gasteiger partial charge in [0.05, 0.1) is 35.3 Å². The largest absolute Gasteiger partial charge is 0.486 e. The van der Waals surface area contributed by atoms with Crippen LogP contribution in [-0.2, 0) is 10.0 Å². The number of amides is 2. The zero-order valence-electron chi connectivity index (χ0n) is 22.9. The highest BCUT2D eigenvalue weighted by atomic mass is 32.2. The van der Waals surface area contributed by atoms with Crippen LogP contribution in [0.2, 0.25) is 0 Å². The van der Waals surface area contributed by atoms with E-state index in [-0.39, 0.29) is 53.4 Å². The summed E-state index contributed by atoms with van der Waals surface area (Å²) in [6.07, 6.45) is 2.31. The molecular weight excluding hydrogens is 532 g/mol. The van der Waals surface area contributed by atoms with Gasteiger partial charge in [-0.05, 0) is 50.2 Å². The van der Waals surface area contributed by atoms with Crippen molar-refractivity contribution in [2.24, 2.45) is 5.92 Å². The Hall–Kier alpha value is -3.80. The number of aromatic nitrogens is 1. The van der Waals surface area contributed by atoms with Crippen molar-refractivity contribution in [3.05, 3.63) is 83.7 Å². The van der Waals surface area contributed by atoms with Gasteiger partial charge in [0.25, 0.3) is 11.8 Å². The Labute approximate surface area is 234 Å². The Balaban J connectivity index is 1.72. The second-order valence-corrected chi connectivity index (χ2v) is 12.1. The number of nitrogens with zero attached hydrogens (tertiary/aromatic N) is 3. The Kier molecular flexibility index (Phi) is 8.87. The molecule has 4 rings (SSSR count). The number of fused-ring (bicyclic) bond motifs is 1. The summed E-state index contributed by atoms with van der Waals surface area (Å²) >= 11 is 0. The first-order chi connectivity index (χ1) is 19.0. The zero-order valence-corrected chi connectivity index (χ0v) is 23.8. The fraction of sp³-hybridized carbons (Fsp3) is 0.345. The maximum absolute atomic E-state index is 13.7. The van der Waals surface area contributed by atoms with Gasteiger partial charge in [0, 0.05) is 37.5 Å². The average molecular weight is 567 g/mol. The first-order valence-corrected chi connectivity index (χ1v) is 14.4. The number of aryl methyl sites for hydroxylation is 1. The number of rotatable bonds is 8. The number of carbonyl (C=O) groups excluding carboxylic acids is 2. The SMILES string of the molecule is Cc1ccc(S(=O)(=O)N(C)C[C@@H]2Oc3c(NC(=O)c4ccncc4)cccc3C(=O)N([C@@H](C)CO)C[C@H]2C)cc1. The number of anilines is 1. The number of likely N-dealkylation sites (N-methyl/N-ethyl adjacent to an activating group) is 1. The Bertz CT molecular complexity index is 1460. The number of benzene rings is 2. The molecule has 2 aromatic carbocycles. The third-order valence-corrected chi connectivity index (χ3v) is 8.89. The number of pyridine rings is 1. The molecule has 1 aromatic heterocycles. The normalized spacial score (nSPS) is 18.4. The average Bonchev–Trinajstić information content (AvgIpc) is 2.95. The number of carbonyl (C=O) groups is 2. The highest BCUT2D eigenvalue weighted by molar-refractivity contribution is 7.89. The van der Waals surface area contributed by atoms with Gasteiger partial charge in [0.15, 0.2) is 5.75 Å². The maximum atomic E-state index is 13.7. The summed E-state index contributed by atoms with van der Waals surface area (Å²) in [5.41, 5.74) is 1.79. The number of aliphatic hydroxyl groups excluding tert-OH is 1. The fourth-order valence-electron chi connectivity index (χ4n) is 4.50. The number of hydrogen-bond acceptors (Lipinski definition) is 7. The number of aliphatic hydroxyl groups is 1. The maximum Gasteiger partial charge on any atom is 0.258 e. The van der Waals surface area contributed by atoms with Crippen LogP contribution in [0.15, 0.2) is 71.9 Å². The lowest BCUT2D eigenvalue weighted by molar-refractivity contribution is 0.0388. The summed E-state index contributed by atoms with van der Waals surface area (Å²) in [6, 6.07) is 14.1. The van der Waals surface area contributed by atoms with Gasteiger partial charge in [-0.3, -0.25) is 14.6 Å². The van der Waals surface area contributed by atoms with E-state index < -0.39 is 28.1 Å². The predicted octanol–water partition coefficient (Wildman–Crippen LogP) is 3.18. The van der Waals surface area contributed by atoms with E-state index in [0.29, 0.717) is 5.56 Å². The van der Waals surface area contributed by atoms with Crippen molar-refractivity contribution in [3.63, 3.8) is 0 Å². The number of sulfonamides is 1. The second-order valence-electron chi connectivity index (χ2n) is 10.1. The molecule has 0 saturated heterocycles. The number of hydrogen-bond donors (Lipinski definition) is 2. The molecule has 0 fully saturated rings. The van der Waals surface area contributed by atoms with Crippen LogP contribution in [0.4, 0.5) is 5.69 Å². The van der Waals surface area contributed by atoms with E-state index in [1.807, 2.05) is 13.8 Å². The van der Waals surface area contributed by atoms with E-state index in [9.17, 15) is 23.1 Å². The van der Waals surface area contributed by atoms with Gasteiger partial charge >= 0.3 is 0 Å². The van der Waals surface area contributed by atoms with Crippen LogP contribution in [-0.4, -0.2) is 78.4 Å². The van der Waals surface area contributed by atoms with Gasteiger partial charge in [-0.1, -0.05) is 30.7 Å². The summed E-state index contributed by atoms with van der Waals surface area (Å²) in [5.74, 6) is -0.964.